The fourth-order valence-corrected chi connectivity index (χ4v) is 9.59. The van der Waals surface area contributed by atoms with E-state index in [1.54, 1.807) is 19.3 Å². The van der Waals surface area contributed by atoms with Gasteiger partial charge in [0, 0.05) is 0 Å². The zero-order valence-corrected chi connectivity index (χ0v) is 12.9. The lowest BCUT2D eigenvalue weighted by molar-refractivity contribution is -0.435. The Bertz CT molecular complexity index is 488. The van der Waals surface area contributed by atoms with Gasteiger partial charge in [0.25, 0.3) is 0 Å². The van der Waals surface area contributed by atoms with E-state index >= 15 is 0 Å². The molecule has 0 heterocycles. The van der Waals surface area contributed by atoms with E-state index in [0.717, 1.165) is 29.1 Å². The Morgan fingerprint density at radius 2 is 1.28 bits per heavy atom. The highest BCUT2D eigenvalue weighted by Crippen LogP contribution is 3.06. The molecule has 0 saturated heterocycles. The molecule has 0 aromatic carbocycles. The van der Waals surface area contributed by atoms with Crippen LogP contribution in [0.4, 0.5) is 0 Å². The Balaban J connectivity index is 1.75. The summed E-state index contributed by atoms with van der Waals surface area (Å²) in [5.41, 5.74) is 3.51. The Morgan fingerprint density at radius 1 is 0.778 bits per heavy atom. The molecule has 0 spiro atoms. The van der Waals surface area contributed by atoms with Gasteiger partial charge in [-0.1, -0.05) is 41.5 Å². The predicted molar refractivity (Wildman–Crippen MR) is 74.0 cm³/mol. The summed E-state index contributed by atoms with van der Waals surface area (Å²) in [6.45, 7) is 15.8. The third kappa shape index (κ3) is 0.487. The van der Waals surface area contributed by atoms with Crippen molar-refractivity contribution < 1.29 is 0 Å². The molecule has 0 radical (unpaired) electrons. The molecular weight excluding hydrogens is 216 g/mol. The van der Waals surface area contributed by atoms with E-state index in [1.807, 2.05) is 0 Å². The maximum absolute atomic E-state index is 2.71. The minimum atomic E-state index is 0.655. The molecule has 0 aromatic heterocycles. The summed E-state index contributed by atoms with van der Waals surface area (Å²) in [7, 11) is 0. The van der Waals surface area contributed by atoms with E-state index in [1.165, 1.54) is 0 Å². The second kappa shape index (κ2) is 2.15. The molecule has 0 aliphatic heterocycles. The van der Waals surface area contributed by atoms with Crippen LogP contribution in [-0.4, -0.2) is 0 Å². The molecule has 0 aromatic rings. The SMILES string of the molecule is CC1CC2C1(C)C1(C)CC23C2CC(C)C2(C)C31C. The Kier molecular flexibility index (Phi) is 1.28. The topological polar surface area (TPSA) is 0 Å². The van der Waals surface area contributed by atoms with Crippen LogP contribution in [0.1, 0.15) is 60.8 Å². The first-order valence-electron chi connectivity index (χ1n) is 8.23. The van der Waals surface area contributed by atoms with Crippen LogP contribution in [0.2, 0.25) is 0 Å². The van der Waals surface area contributed by atoms with Gasteiger partial charge in [-0.2, -0.15) is 0 Å². The van der Waals surface area contributed by atoms with Crippen molar-refractivity contribution in [3.8, 4) is 0 Å². The van der Waals surface area contributed by atoms with Crippen molar-refractivity contribution in [2.75, 3.05) is 0 Å². The minimum Gasteiger partial charge on any atom is -0.0619 e. The lowest BCUT2D eigenvalue weighted by Gasteiger charge is -2.90. The number of fused-ring (bicyclic) bond motifs is 3. The van der Waals surface area contributed by atoms with Crippen molar-refractivity contribution >= 4 is 0 Å². The van der Waals surface area contributed by atoms with Gasteiger partial charge in [0.1, 0.15) is 0 Å². The normalized spacial score (nSPS) is 82.3. The van der Waals surface area contributed by atoms with Crippen LogP contribution in [0.25, 0.3) is 0 Å². The van der Waals surface area contributed by atoms with Gasteiger partial charge in [-0.15, -0.1) is 0 Å². The van der Waals surface area contributed by atoms with Gasteiger partial charge in [0.15, 0.2) is 0 Å². The van der Waals surface area contributed by atoms with Crippen molar-refractivity contribution in [3.05, 3.63) is 0 Å². The molecule has 0 N–H and O–H groups in total. The summed E-state index contributed by atoms with van der Waals surface area (Å²) >= 11 is 0. The summed E-state index contributed by atoms with van der Waals surface area (Å²) in [5.74, 6) is 4.14. The van der Waals surface area contributed by atoms with Gasteiger partial charge in [0.2, 0.25) is 0 Å². The van der Waals surface area contributed by atoms with Crippen LogP contribution >= 0.6 is 0 Å². The fraction of sp³-hybridized carbons (Fsp3) is 1.00. The molecule has 100 valence electrons. The van der Waals surface area contributed by atoms with Crippen molar-refractivity contribution in [2.45, 2.75) is 60.8 Å². The van der Waals surface area contributed by atoms with E-state index < -0.39 is 0 Å². The highest BCUT2D eigenvalue weighted by atomic mass is 15.0. The molecule has 18 heavy (non-hydrogen) atoms. The van der Waals surface area contributed by atoms with Gasteiger partial charge in [0.05, 0.1) is 0 Å². The average Bonchev–Trinajstić information content (AvgIpc) is 2.56. The predicted octanol–water partition coefficient (Wildman–Crippen LogP) is 4.74. The standard InChI is InChI=1S/C18H28/c1-10-7-12-15(10,4)14(3)9-18(12)13-8-11(2)16(13,5)17(14,18)6/h10-13H,7-9H2,1-6H3. The van der Waals surface area contributed by atoms with Crippen LogP contribution in [0.5, 0.6) is 0 Å². The molecule has 0 amide bonds. The van der Waals surface area contributed by atoms with E-state index in [4.69, 9.17) is 0 Å². The largest absolute Gasteiger partial charge is 0.0619 e. The number of rotatable bonds is 0. The third-order valence-electron chi connectivity index (χ3n) is 10.9. The average molecular weight is 244 g/mol. The number of hydrogen-bond donors (Lipinski definition) is 0. The van der Waals surface area contributed by atoms with Crippen LogP contribution in [0.3, 0.4) is 0 Å². The first-order valence-corrected chi connectivity index (χ1v) is 8.23. The summed E-state index contributed by atoms with van der Waals surface area (Å²) in [5, 5.41) is 0. The maximum atomic E-state index is 2.71. The third-order valence-corrected chi connectivity index (χ3v) is 10.9. The van der Waals surface area contributed by atoms with Crippen molar-refractivity contribution in [1.29, 1.82) is 0 Å². The molecule has 5 aliphatic carbocycles. The van der Waals surface area contributed by atoms with Crippen LogP contribution < -0.4 is 0 Å². The zero-order valence-electron chi connectivity index (χ0n) is 12.9. The second-order valence-corrected chi connectivity index (χ2v) is 9.62. The van der Waals surface area contributed by atoms with Crippen molar-refractivity contribution in [2.24, 2.45) is 50.7 Å². The van der Waals surface area contributed by atoms with E-state index in [0.29, 0.717) is 21.7 Å². The van der Waals surface area contributed by atoms with E-state index in [-0.39, 0.29) is 0 Å². The molecule has 5 saturated carbocycles. The summed E-state index contributed by atoms with van der Waals surface area (Å²) < 4.78 is 0. The summed E-state index contributed by atoms with van der Waals surface area (Å²) in [4.78, 5) is 0. The van der Waals surface area contributed by atoms with Gasteiger partial charge < -0.3 is 0 Å². The zero-order chi connectivity index (χ0) is 12.9. The molecule has 9 unspecified atom stereocenters. The molecule has 5 rings (SSSR count). The van der Waals surface area contributed by atoms with Crippen LogP contribution in [0.15, 0.2) is 0 Å². The van der Waals surface area contributed by atoms with Crippen LogP contribution in [0, 0.1) is 50.7 Å². The smallest absolute Gasteiger partial charge is 0.0145 e. The van der Waals surface area contributed by atoms with E-state index in [2.05, 4.69) is 41.5 Å². The molecule has 5 fully saturated rings. The number of hydrogen-bond acceptors (Lipinski definition) is 0. The first kappa shape index (κ1) is 10.7. The Hall–Kier alpha value is 0. The molecule has 9 atom stereocenters. The molecule has 0 nitrogen and oxygen atoms in total. The van der Waals surface area contributed by atoms with Crippen molar-refractivity contribution in [3.63, 3.8) is 0 Å². The monoisotopic (exact) mass is 244 g/mol. The maximum Gasteiger partial charge on any atom is -0.0145 e. The van der Waals surface area contributed by atoms with Gasteiger partial charge in [-0.25, -0.2) is 0 Å². The Morgan fingerprint density at radius 3 is 1.78 bits per heavy atom. The van der Waals surface area contributed by atoms with E-state index in [9.17, 15) is 0 Å². The lowest BCUT2D eigenvalue weighted by atomic mass is 9.13. The lowest BCUT2D eigenvalue weighted by Crippen LogP contribution is -2.86. The minimum absolute atomic E-state index is 0.655. The van der Waals surface area contributed by atoms with Gasteiger partial charge in [-0.3, -0.25) is 0 Å². The molecular formula is C18H28. The van der Waals surface area contributed by atoms with Gasteiger partial charge >= 0.3 is 0 Å². The second-order valence-electron chi connectivity index (χ2n) is 9.62. The summed E-state index contributed by atoms with van der Waals surface area (Å²) in [6.07, 6.45) is 4.67. The molecule has 2 bridgehead atoms. The van der Waals surface area contributed by atoms with Crippen molar-refractivity contribution in [1.82, 2.24) is 0 Å². The Labute approximate surface area is 112 Å². The summed E-state index contributed by atoms with van der Waals surface area (Å²) in [6, 6.07) is 0. The van der Waals surface area contributed by atoms with Gasteiger partial charge in [-0.05, 0) is 70.0 Å². The highest BCUT2D eigenvalue weighted by molar-refractivity contribution is 5.48. The molecule has 5 aliphatic rings. The highest BCUT2D eigenvalue weighted by Gasteiger charge is 3.01. The first-order chi connectivity index (χ1) is 8.23. The van der Waals surface area contributed by atoms with Crippen LogP contribution in [-0.2, 0) is 0 Å². The molecule has 0 heteroatoms. The quantitative estimate of drug-likeness (QED) is 0.577. The fourth-order valence-electron chi connectivity index (χ4n) is 9.59.